The number of nitrogens with one attached hydrogen (secondary N) is 1. The van der Waals surface area contributed by atoms with Gasteiger partial charge in [-0.05, 0) is 42.7 Å². The fraction of sp³-hybridized carbons (Fsp3) is 0.207. The van der Waals surface area contributed by atoms with Crippen molar-refractivity contribution in [3.8, 4) is 11.3 Å². The van der Waals surface area contributed by atoms with Crippen LogP contribution in [0.1, 0.15) is 31.4 Å². The Morgan fingerprint density at radius 3 is 2.20 bits per heavy atom. The molecule has 6 heteroatoms. The van der Waals surface area contributed by atoms with Gasteiger partial charge in [0.05, 0.1) is 11.4 Å². The van der Waals surface area contributed by atoms with Crippen LogP contribution in [0.2, 0.25) is 0 Å². The van der Waals surface area contributed by atoms with Crippen molar-refractivity contribution in [3.05, 3.63) is 106 Å². The molecule has 0 aliphatic heterocycles. The van der Waals surface area contributed by atoms with E-state index in [2.05, 4.69) is 24.9 Å². The summed E-state index contributed by atoms with van der Waals surface area (Å²) in [6, 6.07) is 27.3. The van der Waals surface area contributed by atoms with Gasteiger partial charge in [0, 0.05) is 27.9 Å². The number of H-pyrrole nitrogens is 1. The molecule has 0 bridgehead atoms. The zero-order valence-electron chi connectivity index (χ0n) is 19.8. The van der Waals surface area contributed by atoms with Gasteiger partial charge in [-0.2, -0.15) is 0 Å². The van der Waals surface area contributed by atoms with Gasteiger partial charge in [-0.25, -0.2) is 4.98 Å². The van der Waals surface area contributed by atoms with E-state index in [0.29, 0.717) is 5.16 Å². The molecule has 176 valence electrons. The molecule has 1 amide bonds. The number of benzene rings is 3. The Bertz CT molecular complexity index is 1380. The van der Waals surface area contributed by atoms with Crippen LogP contribution in [0.4, 0.5) is 11.4 Å². The maximum Gasteiger partial charge on any atom is 0.255 e. The summed E-state index contributed by atoms with van der Waals surface area (Å²) in [5.41, 5.74) is 4.87. The average Bonchev–Trinajstić information content (AvgIpc) is 2.89. The second-order valence-electron chi connectivity index (χ2n) is 9.03. The van der Waals surface area contributed by atoms with Crippen molar-refractivity contribution in [2.45, 2.75) is 37.3 Å². The van der Waals surface area contributed by atoms with Crippen molar-refractivity contribution in [3.63, 3.8) is 0 Å². The highest BCUT2D eigenvalue weighted by molar-refractivity contribution is 7.99. The number of hydrogen-bond donors (Lipinski definition) is 1. The van der Waals surface area contributed by atoms with Crippen LogP contribution in [0, 0.1) is 0 Å². The normalized spacial score (nSPS) is 16.3. The summed E-state index contributed by atoms with van der Waals surface area (Å²) in [5.74, 6) is 0.0460. The van der Waals surface area contributed by atoms with E-state index in [-0.39, 0.29) is 22.6 Å². The number of amides is 1. The van der Waals surface area contributed by atoms with Gasteiger partial charge in [-0.15, -0.1) is 0 Å². The van der Waals surface area contributed by atoms with Crippen LogP contribution < -0.4 is 10.5 Å². The van der Waals surface area contributed by atoms with Crippen LogP contribution >= 0.6 is 11.8 Å². The maximum absolute atomic E-state index is 13.4. The van der Waals surface area contributed by atoms with Gasteiger partial charge >= 0.3 is 0 Å². The van der Waals surface area contributed by atoms with Gasteiger partial charge in [0.2, 0.25) is 5.91 Å². The first-order valence-corrected chi connectivity index (χ1v) is 12.8. The van der Waals surface area contributed by atoms with Crippen LogP contribution in [-0.4, -0.2) is 21.6 Å². The molecule has 4 aromatic rings. The third-order valence-corrected chi connectivity index (χ3v) is 7.60. The first-order chi connectivity index (χ1) is 17.0. The van der Waals surface area contributed by atoms with Gasteiger partial charge in [0.1, 0.15) is 0 Å². The van der Waals surface area contributed by atoms with E-state index in [4.69, 9.17) is 4.98 Å². The monoisotopic (exact) mass is 481 g/mol. The molecule has 0 fully saturated rings. The molecule has 1 atom stereocenters. The molecule has 5 nitrogen and oxygen atoms in total. The van der Waals surface area contributed by atoms with Crippen molar-refractivity contribution in [1.29, 1.82) is 0 Å². The SMILES string of the molecule is CC[C@]1(C)Cc2ccccc2-c2nc(SCC(=O)N(c3ccccc3)c3ccccc3)[nH]c(=O)c21. The van der Waals surface area contributed by atoms with E-state index in [0.717, 1.165) is 41.0 Å². The molecule has 0 radical (unpaired) electrons. The molecule has 0 saturated carbocycles. The molecule has 1 aliphatic rings. The van der Waals surface area contributed by atoms with E-state index >= 15 is 0 Å². The molecule has 0 saturated heterocycles. The van der Waals surface area contributed by atoms with E-state index in [9.17, 15) is 9.59 Å². The topological polar surface area (TPSA) is 66.1 Å². The molecule has 1 N–H and O–H groups in total. The van der Waals surface area contributed by atoms with Gasteiger partial charge in [-0.1, -0.05) is 86.3 Å². The molecule has 35 heavy (non-hydrogen) atoms. The lowest BCUT2D eigenvalue weighted by Crippen LogP contribution is -2.36. The first-order valence-electron chi connectivity index (χ1n) is 11.8. The van der Waals surface area contributed by atoms with Crippen LogP contribution in [0.25, 0.3) is 11.3 Å². The summed E-state index contributed by atoms with van der Waals surface area (Å²) in [5, 5.41) is 0.457. The minimum absolute atomic E-state index is 0.0911. The highest BCUT2D eigenvalue weighted by Gasteiger charge is 2.37. The summed E-state index contributed by atoms with van der Waals surface area (Å²) >= 11 is 1.26. The molecule has 1 aromatic heterocycles. The number of carbonyl (C=O) groups is 1. The summed E-state index contributed by atoms with van der Waals surface area (Å²) < 4.78 is 0. The zero-order valence-corrected chi connectivity index (χ0v) is 20.6. The van der Waals surface area contributed by atoms with Crippen molar-refractivity contribution in [2.75, 3.05) is 10.7 Å². The van der Waals surface area contributed by atoms with Crippen LogP contribution in [0.15, 0.2) is 94.9 Å². The molecule has 1 aliphatic carbocycles. The van der Waals surface area contributed by atoms with Gasteiger partial charge < -0.3 is 4.98 Å². The van der Waals surface area contributed by atoms with Gasteiger partial charge in [0.25, 0.3) is 5.56 Å². The van der Waals surface area contributed by atoms with Crippen molar-refractivity contribution < 1.29 is 4.79 Å². The molecular formula is C29H27N3O2S. The number of aromatic amines is 1. The molecule has 3 aromatic carbocycles. The summed E-state index contributed by atoms with van der Waals surface area (Å²) in [6.45, 7) is 4.24. The van der Waals surface area contributed by atoms with E-state index < -0.39 is 0 Å². The van der Waals surface area contributed by atoms with Crippen LogP contribution in [0.3, 0.4) is 0 Å². The summed E-state index contributed by atoms with van der Waals surface area (Å²) in [7, 11) is 0. The minimum atomic E-state index is -0.277. The maximum atomic E-state index is 13.4. The standard InChI is InChI=1S/C29H27N3O2S/c1-3-29(2)18-20-12-10-11-17-23(20)26-25(29)27(34)31-28(30-26)35-19-24(33)32(21-13-6-4-7-14-21)22-15-8-5-9-16-22/h4-17H,3,18-19H2,1-2H3,(H,30,31,34)/t29-/m1/s1. The Kier molecular flexibility index (Phi) is 6.31. The quantitative estimate of drug-likeness (QED) is 0.266. The largest absolute Gasteiger partial charge is 0.301 e. The van der Waals surface area contributed by atoms with Crippen molar-refractivity contribution in [2.24, 2.45) is 0 Å². The highest BCUT2D eigenvalue weighted by atomic mass is 32.2. The predicted molar refractivity (Wildman–Crippen MR) is 142 cm³/mol. The predicted octanol–water partition coefficient (Wildman–Crippen LogP) is 6.12. The Balaban J connectivity index is 1.47. The zero-order chi connectivity index (χ0) is 24.4. The number of aromatic nitrogens is 2. The number of carbonyl (C=O) groups excluding carboxylic acids is 1. The minimum Gasteiger partial charge on any atom is -0.301 e. The fourth-order valence-electron chi connectivity index (χ4n) is 4.78. The number of rotatable bonds is 6. The number of para-hydroxylation sites is 2. The smallest absolute Gasteiger partial charge is 0.255 e. The number of fused-ring (bicyclic) bond motifs is 3. The lowest BCUT2D eigenvalue weighted by Gasteiger charge is -2.35. The lowest BCUT2D eigenvalue weighted by molar-refractivity contribution is -0.115. The molecule has 1 heterocycles. The highest BCUT2D eigenvalue weighted by Crippen LogP contribution is 2.42. The Hall–Kier alpha value is -3.64. The number of anilines is 2. The lowest BCUT2D eigenvalue weighted by atomic mass is 9.69. The molecule has 0 spiro atoms. The van der Waals surface area contributed by atoms with Crippen molar-refractivity contribution >= 4 is 29.0 Å². The molecule has 0 unspecified atom stereocenters. The van der Waals surface area contributed by atoms with Crippen molar-refractivity contribution in [1.82, 2.24) is 9.97 Å². The average molecular weight is 482 g/mol. The Morgan fingerprint density at radius 2 is 1.57 bits per heavy atom. The third-order valence-electron chi connectivity index (χ3n) is 6.75. The van der Waals surface area contributed by atoms with Gasteiger partial charge in [-0.3, -0.25) is 14.5 Å². The number of hydrogen-bond acceptors (Lipinski definition) is 4. The Labute approximate surface area is 209 Å². The summed E-state index contributed by atoms with van der Waals surface area (Å²) in [6.07, 6.45) is 1.65. The summed E-state index contributed by atoms with van der Waals surface area (Å²) in [4.78, 5) is 36.2. The number of thioether (sulfide) groups is 1. The van der Waals surface area contributed by atoms with Crippen LogP contribution in [-0.2, 0) is 16.6 Å². The van der Waals surface area contributed by atoms with E-state index in [1.807, 2.05) is 78.9 Å². The fourth-order valence-corrected chi connectivity index (χ4v) is 5.49. The Morgan fingerprint density at radius 1 is 0.971 bits per heavy atom. The van der Waals surface area contributed by atoms with E-state index in [1.54, 1.807) is 4.90 Å². The van der Waals surface area contributed by atoms with Crippen LogP contribution in [0.5, 0.6) is 0 Å². The third kappa shape index (κ3) is 4.42. The molecular weight excluding hydrogens is 454 g/mol. The van der Waals surface area contributed by atoms with Gasteiger partial charge in [0.15, 0.2) is 5.16 Å². The second-order valence-corrected chi connectivity index (χ2v) is 10.00. The number of nitrogens with zero attached hydrogens (tertiary/aromatic N) is 2. The second kappa shape index (κ2) is 9.55. The molecule has 5 rings (SSSR count). The first kappa shape index (κ1) is 23.1. The van der Waals surface area contributed by atoms with E-state index in [1.165, 1.54) is 17.3 Å².